The fraction of sp³-hybridized carbons (Fsp3) is 0.600. The summed E-state index contributed by atoms with van der Waals surface area (Å²) < 4.78 is 10.7. The fourth-order valence-corrected chi connectivity index (χ4v) is 4.24. The number of aryl methyl sites for hydroxylation is 1. The van der Waals surface area contributed by atoms with Crippen LogP contribution in [0.25, 0.3) is 0 Å². The molecule has 1 amide bonds. The molecule has 0 bridgehead atoms. The number of amides is 1. The van der Waals surface area contributed by atoms with Crippen LogP contribution in [0.3, 0.4) is 0 Å². The number of hydrogen-bond acceptors (Lipinski definition) is 5. The van der Waals surface area contributed by atoms with Gasteiger partial charge < -0.3 is 13.8 Å². The maximum atomic E-state index is 13.2. The van der Waals surface area contributed by atoms with Gasteiger partial charge in [-0.15, -0.1) is 0 Å². The number of aromatic nitrogens is 1. The number of furan rings is 1. The molecule has 0 aliphatic carbocycles. The number of piperidine rings is 2. The third-order valence-corrected chi connectivity index (χ3v) is 5.67. The standard InChI is InChI=1S/C20H27N3O3/c1-15-13-18(21-26-15)19-6-2-3-9-23(19)20(24)16-7-10-22(11-8-16)14-17-5-4-12-25-17/h4-5,12-13,16,19H,2-3,6-11,14H2,1H3/t19-/m1/s1. The first-order valence-corrected chi connectivity index (χ1v) is 9.69. The molecular weight excluding hydrogens is 330 g/mol. The van der Waals surface area contributed by atoms with Crippen LogP contribution in [0.1, 0.15) is 55.4 Å². The molecule has 2 saturated heterocycles. The second-order valence-electron chi connectivity index (χ2n) is 7.54. The topological polar surface area (TPSA) is 62.7 Å². The van der Waals surface area contributed by atoms with E-state index in [0.29, 0.717) is 5.91 Å². The molecule has 4 rings (SSSR count). The molecule has 0 N–H and O–H groups in total. The average Bonchev–Trinajstić information content (AvgIpc) is 3.33. The van der Waals surface area contributed by atoms with E-state index in [2.05, 4.69) is 15.0 Å². The van der Waals surface area contributed by atoms with E-state index in [9.17, 15) is 4.79 Å². The first-order valence-electron chi connectivity index (χ1n) is 9.69. The number of hydrogen-bond donors (Lipinski definition) is 0. The lowest BCUT2D eigenvalue weighted by Gasteiger charge is -2.39. The largest absolute Gasteiger partial charge is 0.468 e. The van der Waals surface area contributed by atoms with Gasteiger partial charge in [0.1, 0.15) is 17.2 Å². The maximum absolute atomic E-state index is 13.2. The third-order valence-electron chi connectivity index (χ3n) is 5.67. The molecule has 0 unspecified atom stereocenters. The highest BCUT2D eigenvalue weighted by molar-refractivity contribution is 5.79. The summed E-state index contributed by atoms with van der Waals surface area (Å²) in [5.74, 6) is 2.22. The Kier molecular flexibility index (Phi) is 5.11. The van der Waals surface area contributed by atoms with Crippen molar-refractivity contribution in [2.75, 3.05) is 19.6 Å². The van der Waals surface area contributed by atoms with Crippen LogP contribution < -0.4 is 0 Å². The van der Waals surface area contributed by atoms with Crippen LogP contribution >= 0.6 is 0 Å². The quantitative estimate of drug-likeness (QED) is 0.837. The zero-order chi connectivity index (χ0) is 17.9. The van der Waals surface area contributed by atoms with Gasteiger partial charge in [0.15, 0.2) is 0 Å². The highest BCUT2D eigenvalue weighted by Crippen LogP contribution is 2.33. The monoisotopic (exact) mass is 357 g/mol. The molecule has 6 heteroatoms. The van der Waals surface area contributed by atoms with Crippen LogP contribution in [0.2, 0.25) is 0 Å². The van der Waals surface area contributed by atoms with Crippen LogP contribution in [-0.2, 0) is 11.3 Å². The fourth-order valence-electron chi connectivity index (χ4n) is 4.24. The average molecular weight is 357 g/mol. The lowest BCUT2D eigenvalue weighted by molar-refractivity contribution is -0.141. The van der Waals surface area contributed by atoms with E-state index in [-0.39, 0.29) is 12.0 Å². The van der Waals surface area contributed by atoms with E-state index < -0.39 is 0 Å². The summed E-state index contributed by atoms with van der Waals surface area (Å²) in [4.78, 5) is 17.6. The van der Waals surface area contributed by atoms with Gasteiger partial charge in [-0.2, -0.15) is 0 Å². The van der Waals surface area contributed by atoms with E-state index in [0.717, 1.165) is 75.5 Å². The van der Waals surface area contributed by atoms with Crippen LogP contribution in [0, 0.1) is 12.8 Å². The van der Waals surface area contributed by atoms with Crippen molar-refractivity contribution >= 4 is 5.91 Å². The third kappa shape index (κ3) is 3.70. The van der Waals surface area contributed by atoms with Gasteiger partial charge in [-0.25, -0.2) is 0 Å². The van der Waals surface area contributed by atoms with E-state index in [4.69, 9.17) is 8.94 Å². The Labute approximate surface area is 154 Å². The molecule has 2 aromatic heterocycles. The first-order chi connectivity index (χ1) is 12.7. The Morgan fingerprint density at radius 2 is 2.08 bits per heavy atom. The lowest BCUT2D eigenvalue weighted by atomic mass is 9.91. The number of rotatable bonds is 4. The van der Waals surface area contributed by atoms with Crippen molar-refractivity contribution in [2.45, 2.75) is 51.6 Å². The summed E-state index contributed by atoms with van der Waals surface area (Å²) in [6.07, 6.45) is 6.75. The molecule has 2 aliphatic rings. The minimum atomic E-state index is 0.0786. The summed E-state index contributed by atoms with van der Waals surface area (Å²) >= 11 is 0. The summed E-state index contributed by atoms with van der Waals surface area (Å²) in [5.41, 5.74) is 0.908. The first kappa shape index (κ1) is 17.3. The highest BCUT2D eigenvalue weighted by Gasteiger charge is 2.35. The number of nitrogens with zero attached hydrogens (tertiary/aromatic N) is 3. The van der Waals surface area contributed by atoms with Crippen molar-refractivity contribution in [1.29, 1.82) is 0 Å². The molecule has 26 heavy (non-hydrogen) atoms. The molecule has 2 fully saturated rings. The summed E-state index contributed by atoms with van der Waals surface area (Å²) in [6.45, 7) is 5.46. The van der Waals surface area contributed by atoms with Crippen molar-refractivity contribution < 1.29 is 13.7 Å². The zero-order valence-corrected chi connectivity index (χ0v) is 15.4. The summed E-state index contributed by atoms with van der Waals surface area (Å²) in [7, 11) is 0. The van der Waals surface area contributed by atoms with E-state index in [1.165, 1.54) is 0 Å². The second kappa shape index (κ2) is 7.66. The van der Waals surface area contributed by atoms with Crippen LogP contribution in [0.5, 0.6) is 0 Å². The summed E-state index contributed by atoms with van der Waals surface area (Å²) in [5, 5.41) is 4.18. The van der Waals surface area contributed by atoms with Crippen molar-refractivity contribution in [3.05, 3.63) is 41.7 Å². The Morgan fingerprint density at radius 1 is 1.23 bits per heavy atom. The Balaban J connectivity index is 1.37. The highest BCUT2D eigenvalue weighted by atomic mass is 16.5. The van der Waals surface area contributed by atoms with Crippen LogP contribution in [0.4, 0.5) is 0 Å². The van der Waals surface area contributed by atoms with E-state index in [1.807, 2.05) is 25.1 Å². The minimum Gasteiger partial charge on any atom is -0.468 e. The van der Waals surface area contributed by atoms with Crippen LogP contribution in [0.15, 0.2) is 33.4 Å². The van der Waals surface area contributed by atoms with E-state index in [1.54, 1.807) is 6.26 Å². The second-order valence-corrected chi connectivity index (χ2v) is 7.54. The number of carbonyl (C=O) groups excluding carboxylic acids is 1. The Morgan fingerprint density at radius 3 is 2.77 bits per heavy atom. The number of carbonyl (C=O) groups is 1. The van der Waals surface area contributed by atoms with Gasteiger partial charge in [-0.1, -0.05) is 5.16 Å². The molecule has 0 radical (unpaired) electrons. The predicted molar refractivity (Wildman–Crippen MR) is 96.3 cm³/mol. The van der Waals surface area contributed by atoms with Crippen molar-refractivity contribution in [3.63, 3.8) is 0 Å². The Hall–Kier alpha value is -2.08. The number of likely N-dealkylation sites (tertiary alicyclic amines) is 2. The molecule has 1 atom stereocenters. The van der Waals surface area contributed by atoms with Gasteiger partial charge in [0.2, 0.25) is 5.91 Å². The normalized spacial score (nSPS) is 22.7. The molecule has 2 aromatic rings. The van der Waals surface area contributed by atoms with Gasteiger partial charge in [0.05, 0.1) is 18.8 Å². The maximum Gasteiger partial charge on any atom is 0.226 e. The molecule has 0 spiro atoms. The molecule has 2 aliphatic heterocycles. The molecule has 6 nitrogen and oxygen atoms in total. The Bertz CT molecular complexity index is 717. The predicted octanol–water partition coefficient (Wildman–Crippen LogP) is 3.54. The van der Waals surface area contributed by atoms with Gasteiger partial charge in [-0.05, 0) is 64.3 Å². The smallest absolute Gasteiger partial charge is 0.226 e. The lowest BCUT2D eigenvalue weighted by Crippen LogP contribution is -2.45. The molecule has 0 saturated carbocycles. The van der Waals surface area contributed by atoms with Gasteiger partial charge in [0.25, 0.3) is 0 Å². The molecule has 4 heterocycles. The minimum absolute atomic E-state index is 0.0786. The van der Waals surface area contributed by atoms with E-state index >= 15 is 0 Å². The van der Waals surface area contributed by atoms with Crippen molar-refractivity contribution in [2.24, 2.45) is 5.92 Å². The zero-order valence-electron chi connectivity index (χ0n) is 15.4. The SMILES string of the molecule is Cc1cc([C@H]2CCCCN2C(=O)C2CCN(Cc3ccco3)CC2)no1. The molecular formula is C20H27N3O3. The molecule has 0 aromatic carbocycles. The van der Waals surface area contributed by atoms with Crippen LogP contribution in [-0.4, -0.2) is 40.5 Å². The van der Waals surface area contributed by atoms with Gasteiger partial charge in [-0.3, -0.25) is 9.69 Å². The van der Waals surface area contributed by atoms with Gasteiger partial charge in [0, 0.05) is 18.5 Å². The van der Waals surface area contributed by atoms with Crippen molar-refractivity contribution in [3.8, 4) is 0 Å². The van der Waals surface area contributed by atoms with Crippen molar-refractivity contribution in [1.82, 2.24) is 15.0 Å². The molecule has 140 valence electrons. The summed E-state index contributed by atoms with van der Waals surface area (Å²) in [6, 6.07) is 5.99. The van der Waals surface area contributed by atoms with Gasteiger partial charge >= 0.3 is 0 Å².